The Kier molecular flexibility index (Phi) is 11.3. The molecule has 0 bridgehead atoms. The minimum atomic E-state index is -4.44. The van der Waals surface area contributed by atoms with Gasteiger partial charge in [0.15, 0.2) is 0 Å². The molecule has 6 heteroatoms. The molecule has 5 aromatic rings. The van der Waals surface area contributed by atoms with Crippen molar-refractivity contribution >= 4 is 14.0 Å². The van der Waals surface area contributed by atoms with Crippen molar-refractivity contribution in [2.45, 2.75) is 82.4 Å². The number of halogens is 5. The Labute approximate surface area is 327 Å². The largest absolute Gasteiger partial charge is 1.00 e. The van der Waals surface area contributed by atoms with Crippen molar-refractivity contribution in [2.75, 3.05) is 0 Å². The van der Waals surface area contributed by atoms with Crippen LogP contribution in [-0.2, 0) is 38.3 Å². The molecular formula is C46H45Cl2F3Zr. The molecular weight excluding hydrogens is 772 g/mol. The number of hydrogen-bond acceptors (Lipinski definition) is 0. The van der Waals surface area contributed by atoms with Crippen molar-refractivity contribution in [1.82, 2.24) is 0 Å². The summed E-state index contributed by atoms with van der Waals surface area (Å²) < 4.78 is 45.9. The van der Waals surface area contributed by atoms with Crippen molar-refractivity contribution in [3.63, 3.8) is 0 Å². The van der Waals surface area contributed by atoms with E-state index in [9.17, 15) is 13.2 Å². The van der Waals surface area contributed by atoms with Gasteiger partial charge in [-0.25, -0.2) is 0 Å². The molecule has 2 aliphatic carbocycles. The molecule has 5 aromatic carbocycles. The summed E-state index contributed by atoms with van der Waals surface area (Å²) in [4.78, 5) is 0. The Hall–Kier alpha value is -3.04. The molecule has 52 heavy (non-hydrogen) atoms. The van der Waals surface area contributed by atoms with Crippen LogP contribution in [0.3, 0.4) is 0 Å². The van der Waals surface area contributed by atoms with Crippen LogP contribution in [0.5, 0.6) is 0 Å². The second kappa shape index (κ2) is 14.7. The first-order chi connectivity index (χ1) is 23.5. The number of allylic oxidation sites excluding steroid dienone is 4. The molecule has 0 spiro atoms. The molecule has 7 rings (SSSR count). The van der Waals surface area contributed by atoms with Crippen LogP contribution in [-0.4, -0.2) is 3.21 Å². The van der Waals surface area contributed by atoms with E-state index >= 15 is 0 Å². The molecule has 0 aromatic heterocycles. The Bertz CT molecular complexity index is 2200. The Balaban J connectivity index is 0.00000261. The average molecular weight is 817 g/mol. The van der Waals surface area contributed by atoms with Crippen molar-refractivity contribution in [2.24, 2.45) is 0 Å². The number of aryl methyl sites for hydroxylation is 2. The number of fused-ring (bicyclic) bond motifs is 4. The van der Waals surface area contributed by atoms with Crippen LogP contribution in [0.25, 0.3) is 21.9 Å². The first-order valence-electron chi connectivity index (χ1n) is 17.6. The molecule has 0 radical (unpaired) electrons. The SMILES string of the molecule is Cc1cc2c(cc1C(C)(C)C)-c1cc(C(C)(C)C)c(C)cc1[CH]2/[Zr+2]([C]1=CC=CC1)=[C](/c1cccc(C(F)(F)F)c1)c1cccc2ccccc12.[Cl-].[Cl-]. The smallest absolute Gasteiger partial charge is 1.00 e. The van der Waals surface area contributed by atoms with Crippen LogP contribution in [0.15, 0.2) is 113 Å². The van der Waals surface area contributed by atoms with Gasteiger partial charge in [0, 0.05) is 0 Å². The fourth-order valence-electron chi connectivity index (χ4n) is 8.39. The molecule has 0 nitrogen and oxygen atoms in total. The molecule has 0 amide bonds. The van der Waals surface area contributed by atoms with Gasteiger partial charge in [-0.05, 0) is 0 Å². The third-order valence-electron chi connectivity index (χ3n) is 10.5. The van der Waals surface area contributed by atoms with Crippen LogP contribution in [0.1, 0.15) is 102 Å². The van der Waals surface area contributed by atoms with Crippen LogP contribution in [0.4, 0.5) is 13.2 Å². The van der Waals surface area contributed by atoms with Gasteiger partial charge in [0.25, 0.3) is 0 Å². The van der Waals surface area contributed by atoms with Crippen LogP contribution < -0.4 is 24.8 Å². The first kappa shape index (κ1) is 40.2. The Morgan fingerprint density at radius 2 is 1.23 bits per heavy atom. The molecule has 0 heterocycles. The number of alkyl halides is 3. The minimum Gasteiger partial charge on any atom is -1.00 e. The molecule has 0 saturated heterocycles. The second-order valence-electron chi connectivity index (χ2n) is 16.2. The van der Waals surface area contributed by atoms with Crippen molar-refractivity contribution in [1.29, 1.82) is 0 Å². The zero-order valence-corrected chi connectivity index (χ0v) is 35.0. The van der Waals surface area contributed by atoms with Gasteiger partial charge in [-0.1, -0.05) is 0 Å². The zero-order valence-electron chi connectivity index (χ0n) is 31.1. The summed E-state index contributed by atoms with van der Waals surface area (Å²) >= 11 is -3.27. The summed E-state index contributed by atoms with van der Waals surface area (Å²) in [6.45, 7) is 18.1. The first-order valence-corrected chi connectivity index (χ1v) is 21.5. The second-order valence-corrected chi connectivity index (χ2v) is 22.4. The van der Waals surface area contributed by atoms with E-state index in [1.54, 1.807) is 6.07 Å². The van der Waals surface area contributed by atoms with Gasteiger partial charge in [0.2, 0.25) is 0 Å². The van der Waals surface area contributed by atoms with E-state index in [0.717, 1.165) is 26.0 Å². The topological polar surface area (TPSA) is 0 Å². The maximum absolute atomic E-state index is 14.4. The summed E-state index contributed by atoms with van der Waals surface area (Å²) in [5.74, 6) is 0. The maximum atomic E-state index is 14.4. The Morgan fingerprint density at radius 1 is 0.673 bits per heavy atom. The van der Waals surface area contributed by atoms with Gasteiger partial charge in [-0.2, -0.15) is 0 Å². The third-order valence-corrected chi connectivity index (χ3v) is 18.8. The molecule has 268 valence electrons. The standard InChI is InChI=1S/C23H29.C18H11F3.C5H5.2ClH.Zr/c1-14-9-16-11-17-10-15(2)21(23(6,7)8)13-19(17)18(16)12-20(14)22(3,4)5;19-18(20,21)16-9-3-5-13(12-16)11-15-8-4-7-14-6-1-2-10-17(14)15;1-2-4-5-3-1;;;/h9-13H,1-8H3;1-10,12H;1-3H,4H2;2*1H;/q;;;;;+2/p-2. The van der Waals surface area contributed by atoms with Crippen LogP contribution >= 0.6 is 0 Å². The molecule has 0 unspecified atom stereocenters. The van der Waals surface area contributed by atoms with E-state index in [1.165, 1.54) is 59.9 Å². The molecule has 2 aliphatic rings. The maximum Gasteiger partial charge on any atom is -1.00 e. The van der Waals surface area contributed by atoms with Gasteiger partial charge in [0.1, 0.15) is 0 Å². The molecule has 0 aliphatic heterocycles. The molecule has 0 N–H and O–H groups in total. The average Bonchev–Trinajstić information content (AvgIpc) is 3.68. The van der Waals surface area contributed by atoms with Crippen LogP contribution in [0.2, 0.25) is 0 Å². The number of benzene rings is 5. The molecule has 0 atom stereocenters. The van der Waals surface area contributed by atoms with Crippen molar-refractivity contribution in [3.05, 3.63) is 163 Å². The normalized spacial score (nSPS) is 14.4. The summed E-state index contributed by atoms with van der Waals surface area (Å²) in [5, 5.41) is 2.18. The fraction of sp³-hybridized carbons (Fsp3) is 0.283. The quantitative estimate of drug-likeness (QED) is 0.186. The van der Waals surface area contributed by atoms with Gasteiger partial charge in [-0.3, -0.25) is 0 Å². The minimum absolute atomic E-state index is 0. The van der Waals surface area contributed by atoms with E-state index in [-0.39, 0.29) is 39.3 Å². The van der Waals surface area contributed by atoms with E-state index in [2.05, 4.69) is 128 Å². The third kappa shape index (κ3) is 7.25. The predicted molar refractivity (Wildman–Crippen MR) is 201 cm³/mol. The predicted octanol–water partition coefficient (Wildman–Crippen LogP) is 6.88. The van der Waals surface area contributed by atoms with Crippen molar-refractivity contribution in [3.8, 4) is 11.1 Å². The van der Waals surface area contributed by atoms with Crippen LogP contribution in [0, 0.1) is 13.8 Å². The molecule has 0 fully saturated rings. The van der Waals surface area contributed by atoms with Gasteiger partial charge in [-0.15, -0.1) is 0 Å². The summed E-state index contributed by atoms with van der Waals surface area (Å²) in [7, 11) is 0. The van der Waals surface area contributed by atoms with Gasteiger partial charge in [0.05, 0.1) is 0 Å². The monoisotopic (exact) mass is 814 g/mol. The van der Waals surface area contributed by atoms with E-state index in [0.29, 0.717) is 5.56 Å². The van der Waals surface area contributed by atoms with Crippen molar-refractivity contribution < 1.29 is 59.3 Å². The summed E-state index contributed by atoms with van der Waals surface area (Å²) in [6.07, 6.45) is 3.06. The van der Waals surface area contributed by atoms with E-state index < -0.39 is 33.0 Å². The summed E-state index contributed by atoms with van der Waals surface area (Å²) in [5.41, 5.74) is 11.6. The molecule has 0 saturated carbocycles. The zero-order chi connectivity index (χ0) is 35.7. The fourth-order valence-corrected chi connectivity index (χ4v) is 17.4. The summed E-state index contributed by atoms with van der Waals surface area (Å²) in [6, 6.07) is 30.6. The Morgan fingerprint density at radius 3 is 1.77 bits per heavy atom. The van der Waals surface area contributed by atoms with E-state index in [4.69, 9.17) is 0 Å². The van der Waals surface area contributed by atoms with Gasteiger partial charge >= 0.3 is 305 Å². The number of rotatable bonds is 4. The van der Waals surface area contributed by atoms with Gasteiger partial charge < -0.3 is 24.8 Å². The van der Waals surface area contributed by atoms with E-state index in [1.807, 2.05) is 18.2 Å². The number of hydrogen-bond donors (Lipinski definition) is 0.